The molecule has 2 aromatic carbocycles. The molecule has 1 aliphatic rings. The Balaban J connectivity index is 1.76. The van der Waals surface area contributed by atoms with Gasteiger partial charge in [0.15, 0.2) is 0 Å². The van der Waals surface area contributed by atoms with E-state index in [2.05, 4.69) is 5.32 Å². The second-order valence-corrected chi connectivity index (χ2v) is 6.14. The van der Waals surface area contributed by atoms with Crippen molar-refractivity contribution in [1.29, 1.82) is 0 Å². The van der Waals surface area contributed by atoms with Gasteiger partial charge < -0.3 is 15.0 Å². The molecule has 7 heteroatoms. The average molecular weight is 370 g/mol. The van der Waals surface area contributed by atoms with E-state index in [1.54, 1.807) is 37.3 Å². The number of amides is 2. The molecule has 2 aromatic rings. The Labute approximate surface area is 155 Å². The summed E-state index contributed by atoms with van der Waals surface area (Å²) in [5.41, 5.74) is 1.03. The van der Waals surface area contributed by atoms with Crippen LogP contribution in [0.1, 0.15) is 23.7 Å². The van der Waals surface area contributed by atoms with Crippen molar-refractivity contribution in [2.75, 3.05) is 23.4 Å². The van der Waals surface area contributed by atoms with Crippen LogP contribution < -0.4 is 10.2 Å². The van der Waals surface area contributed by atoms with Gasteiger partial charge in [0.2, 0.25) is 11.8 Å². The van der Waals surface area contributed by atoms with Crippen LogP contribution in [0.25, 0.3) is 0 Å². The molecule has 1 atom stereocenters. The summed E-state index contributed by atoms with van der Waals surface area (Å²) in [4.78, 5) is 38.5. The number of ether oxygens (including phenoxy) is 1. The van der Waals surface area contributed by atoms with Crippen molar-refractivity contribution < 1.29 is 23.5 Å². The predicted molar refractivity (Wildman–Crippen MR) is 97.9 cm³/mol. The third-order valence-corrected chi connectivity index (χ3v) is 4.28. The highest BCUT2D eigenvalue weighted by atomic mass is 19.1. The van der Waals surface area contributed by atoms with Gasteiger partial charge in [0, 0.05) is 18.7 Å². The minimum Gasteiger partial charge on any atom is -0.462 e. The maximum atomic E-state index is 13.3. The molecule has 6 nitrogen and oxygen atoms in total. The van der Waals surface area contributed by atoms with E-state index in [4.69, 9.17) is 4.74 Å². The minimum absolute atomic E-state index is 0.0122. The van der Waals surface area contributed by atoms with Crippen LogP contribution >= 0.6 is 0 Å². The molecule has 1 saturated heterocycles. The highest BCUT2D eigenvalue weighted by Gasteiger charge is 2.36. The molecule has 1 N–H and O–H groups in total. The van der Waals surface area contributed by atoms with Crippen LogP contribution in [0.2, 0.25) is 0 Å². The van der Waals surface area contributed by atoms with Gasteiger partial charge in [-0.1, -0.05) is 18.2 Å². The first kappa shape index (κ1) is 18.6. The van der Waals surface area contributed by atoms with E-state index in [-0.39, 0.29) is 37.0 Å². The number of anilines is 2. The molecule has 0 aromatic heterocycles. The lowest BCUT2D eigenvalue weighted by Gasteiger charge is -2.19. The van der Waals surface area contributed by atoms with E-state index in [1.807, 2.05) is 0 Å². The first-order valence-electron chi connectivity index (χ1n) is 8.62. The van der Waals surface area contributed by atoms with Gasteiger partial charge in [-0.05, 0) is 37.3 Å². The summed E-state index contributed by atoms with van der Waals surface area (Å²) >= 11 is 0. The minimum atomic E-state index is -0.601. The Morgan fingerprint density at radius 3 is 2.74 bits per heavy atom. The first-order chi connectivity index (χ1) is 13.0. The molecular formula is C20H19FN2O4. The van der Waals surface area contributed by atoms with Crippen LogP contribution in [0, 0.1) is 11.7 Å². The highest BCUT2D eigenvalue weighted by Crippen LogP contribution is 2.29. The quantitative estimate of drug-likeness (QED) is 0.821. The van der Waals surface area contributed by atoms with Crippen LogP contribution in [-0.2, 0) is 14.3 Å². The number of halogens is 1. The molecule has 0 bridgehead atoms. The Hall–Kier alpha value is -3.22. The van der Waals surface area contributed by atoms with Crippen LogP contribution in [0.4, 0.5) is 15.8 Å². The monoisotopic (exact) mass is 370 g/mol. The molecule has 27 heavy (non-hydrogen) atoms. The summed E-state index contributed by atoms with van der Waals surface area (Å²) in [6, 6.07) is 12.2. The standard InChI is InChI=1S/C20H19FN2O4/c1-2-27-20(26)16-8-3-4-9-17(16)23-12-13(10-18(23)24)19(25)22-15-7-5-6-14(21)11-15/h3-9,11,13H,2,10,12H2,1H3,(H,22,25). The average Bonchev–Trinajstić information content (AvgIpc) is 3.04. The smallest absolute Gasteiger partial charge is 0.340 e. The lowest BCUT2D eigenvalue weighted by Crippen LogP contribution is -2.29. The molecule has 1 heterocycles. The highest BCUT2D eigenvalue weighted by molar-refractivity contribution is 6.07. The van der Waals surface area contributed by atoms with Crippen LogP contribution in [0.3, 0.4) is 0 Å². The molecule has 1 unspecified atom stereocenters. The molecule has 0 spiro atoms. The topological polar surface area (TPSA) is 75.7 Å². The molecule has 0 radical (unpaired) electrons. The number of benzene rings is 2. The van der Waals surface area contributed by atoms with E-state index in [1.165, 1.54) is 23.1 Å². The van der Waals surface area contributed by atoms with Crippen molar-refractivity contribution in [2.24, 2.45) is 5.92 Å². The number of carbonyl (C=O) groups excluding carboxylic acids is 3. The molecule has 0 saturated carbocycles. The number of nitrogens with zero attached hydrogens (tertiary/aromatic N) is 1. The lowest BCUT2D eigenvalue weighted by molar-refractivity contribution is -0.122. The number of carbonyl (C=O) groups is 3. The van der Waals surface area contributed by atoms with E-state index >= 15 is 0 Å². The molecule has 140 valence electrons. The predicted octanol–water partition coefficient (Wildman–Crippen LogP) is 2.99. The van der Waals surface area contributed by atoms with Crippen molar-refractivity contribution in [3.8, 4) is 0 Å². The molecule has 1 aliphatic heterocycles. The Bertz CT molecular complexity index is 884. The Kier molecular flexibility index (Phi) is 5.49. The fourth-order valence-corrected chi connectivity index (χ4v) is 3.02. The second kappa shape index (κ2) is 7.99. The summed E-state index contributed by atoms with van der Waals surface area (Å²) in [5, 5.41) is 2.63. The van der Waals surface area contributed by atoms with Crippen molar-refractivity contribution >= 4 is 29.2 Å². The molecule has 0 aliphatic carbocycles. The number of esters is 1. The maximum Gasteiger partial charge on any atom is 0.340 e. The van der Waals surface area contributed by atoms with Crippen LogP contribution in [0.15, 0.2) is 48.5 Å². The third kappa shape index (κ3) is 4.13. The fraction of sp³-hybridized carbons (Fsp3) is 0.250. The zero-order valence-electron chi connectivity index (χ0n) is 14.8. The molecule has 3 rings (SSSR count). The fourth-order valence-electron chi connectivity index (χ4n) is 3.02. The van der Waals surface area contributed by atoms with E-state index in [0.29, 0.717) is 11.4 Å². The van der Waals surface area contributed by atoms with Crippen LogP contribution in [-0.4, -0.2) is 30.9 Å². The van der Waals surface area contributed by atoms with Crippen molar-refractivity contribution in [3.63, 3.8) is 0 Å². The number of nitrogens with one attached hydrogen (secondary N) is 1. The summed E-state index contributed by atoms with van der Waals surface area (Å²) in [6.45, 7) is 2.06. The summed E-state index contributed by atoms with van der Waals surface area (Å²) in [5.74, 6) is -2.21. The maximum absolute atomic E-state index is 13.3. The second-order valence-electron chi connectivity index (χ2n) is 6.14. The zero-order chi connectivity index (χ0) is 19.4. The summed E-state index contributed by atoms with van der Waals surface area (Å²) in [6.07, 6.45) is 0.0122. The number of hydrogen-bond donors (Lipinski definition) is 1. The molecule has 2 amide bonds. The van der Waals surface area contributed by atoms with Gasteiger partial charge in [-0.15, -0.1) is 0 Å². The summed E-state index contributed by atoms with van der Waals surface area (Å²) < 4.78 is 18.3. The van der Waals surface area contributed by atoms with Gasteiger partial charge in [-0.2, -0.15) is 0 Å². The van der Waals surface area contributed by atoms with Gasteiger partial charge in [-0.25, -0.2) is 9.18 Å². The van der Waals surface area contributed by atoms with E-state index in [9.17, 15) is 18.8 Å². The normalized spacial score (nSPS) is 16.3. The Morgan fingerprint density at radius 2 is 2.00 bits per heavy atom. The first-order valence-corrected chi connectivity index (χ1v) is 8.62. The number of para-hydroxylation sites is 1. The van der Waals surface area contributed by atoms with Crippen molar-refractivity contribution in [2.45, 2.75) is 13.3 Å². The lowest BCUT2D eigenvalue weighted by atomic mass is 10.1. The molecule has 1 fully saturated rings. The van der Waals surface area contributed by atoms with Gasteiger partial charge in [0.1, 0.15) is 5.82 Å². The number of rotatable bonds is 5. The van der Waals surface area contributed by atoms with Crippen molar-refractivity contribution in [3.05, 3.63) is 59.9 Å². The SMILES string of the molecule is CCOC(=O)c1ccccc1N1CC(C(=O)Nc2cccc(F)c2)CC1=O. The zero-order valence-corrected chi connectivity index (χ0v) is 14.8. The largest absolute Gasteiger partial charge is 0.462 e. The van der Waals surface area contributed by atoms with E-state index in [0.717, 1.165) is 0 Å². The van der Waals surface area contributed by atoms with Gasteiger partial charge >= 0.3 is 5.97 Å². The summed E-state index contributed by atoms with van der Waals surface area (Å²) in [7, 11) is 0. The van der Waals surface area contributed by atoms with Crippen LogP contribution in [0.5, 0.6) is 0 Å². The van der Waals surface area contributed by atoms with Gasteiger partial charge in [-0.3, -0.25) is 9.59 Å². The molecular weight excluding hydrogens is 351 g/mol. The number of hydrogen-bond acceptors (Lipinski definition) is 4. The van der Waals surface area contributed by atoms with Crippen molar-refractivity contribution in [1.82, 2.24) is 0 Å². The van der Waals surface area contributed by atoms with Gasteiger partial charge in [0.05, 0.1) is 23.8 Å². The Morgan fingerprint density at radius 1 is 1.22 bits per heavy atom. The van der Waals surface area contributed by atoms with E-state index < -0.39 is 17.7 Å². The van der Waals surface area contributed by atoms with Gasteiger partial charge in [0.25, 0.3) is 0 Å². The third-order valence-electron chi connectivity index (χ3n) is 4.28.